The Bertz CT molecular complexity index is 2220. The SMILES string of the molecule is COC(=O)NCC(=O)N1CCC[C@H]1c1ncc(-c2ccc(-c3ccc4cc(-c5cnc([C@@H]6CC7(CC7)CN6C(=O)CNC(=O)OC)[nH]5)ccc4c3)cc2)[nH]1. The number of aromatic amines is 2. The quantitative estimate of drug-likeness (QED) is 0.149. The smallest absolute Gasteiger partial charge is 0.407 e. The van der Waals surface area contributed by atoms with E-state index in [-0.39, 0.29) is 42.4 Å². The predicted octanol–water partition coefficient (Wildman–Crippen LogP) is 5.72. The highest BCUT2D eigenvalue weighted by Gasteiger charge is 2.54. The van der Waals surface area contributed by atoms with Crippen molar-refractivity contribution >= 4 is 34.8 Å². The zero-order valence-electron chi connectivity index (χ0n) is 30.2. The molecule has 4 N–H and O–H groups in total. The molecule has 0 unspecified atom stereocenters. The van der Waals surface area contributed by atoms with E-state index in [1.165, 1.54) is 14.2 Å². The molecule has 1 saturated carbocycles. The number of hydrogen-bond donors (Lipinski definition) is 4. The summed E-state index contributed by atoms with van der Waals surface area (Å²) in [6, 6.07) is 20.7. The summed E-state index contributed by atoms with van der Waals surface area (Å²) in [7, 11) is 2.55. The summed E-state index contributed by atoms with van der Waals surface area (Å²) in [6.07, 6.45) is 7.07. The highest BCUT2D eigenvalue weighted by molar-refractivity contribution is 5.91. The monoisotopic (exact) mass is 730 g/mol. The topological polar surface area (TPSA) is 175 Å². The summed E-state index contributed by atoms with van der Waals surface area (Å²) in [4.78, 5) is 68.7. The predicted molar refractivity (Wildman–Crippen MR) is 200 cm³/mol. The number of ether oxygens (including phenoxy) is 2. The minimum atomic E-state index is -0.635. The Morgan fingerprint density at radius 2 is 1.26 bits per heavy atom. The average molecular weight is 731 g/mol. The Hall–Kier alpha value is -6.18. The maximum atomic E-state index is 13.1. The van der Waals surface area contributed by atoms with Crippen LogP contribution in [0.5, 0.6) is 0 Å². The lowest BCUT2D eigenvalue weighted by Gasteiger charge is -2.23. The number of alkyl carbamates (subject to hydrolysis) is 2. The van der Waals surface area contributed by atoms with Gasteiger partial charge in [-0.05, 0) is 77.1 Å². The Balaban J connectivity index is 0.937. The first-order valence-electron chi connectivity index (χ1n) is 18.2. The third-order valence-electron chi connectivity index (χ3n) is 11.0. The first kappa shape index (κ1) is 34.9. The number of amides is 4. The molecule has 4 amide bonds. The first-order valence-corrected chi connectivity index (χ1v) is 18.2. The van der Waals surface area contributed by atoms with E-state index in [4.69, 9.17) is 4.98 Å². The number of likely N-dealkylation sites (tertiary alicyclic amines) is 2. The van der Waals surface area contributed by atoms with Gasteiger partial charge < -0.3 is 39.9 Å². The molecular formula is C40H42N8O6. The Morgan fingerprint density at radius 3 is 1.89 bits per heavy atom. The van der Waals surface area contributed by atoms with Crippen LogP contribution in [0.25, 0.3) is 44.4 Å². The van der Waals surface area contributed by atoms with E-state index < -0.39 is 12.2 Å². The molecule has 3 fully saturated rings. The van der Waals surface area contributed by atoms with Crippen LogP contribution in [0.1, 0.15) is 55.8 Å². The molecule has 8 rings (SSSR count). The standard InChI is InChI=1S/C40H42N8O6/c1-53-38(51)43-21-34(49)47-15-3-4-32(47)36-41-19-30(45-36)25-7-5-24(6-8-25)26-9-10-28-17-29(12-11-27(28)16-26)31-20-42-37(46-31)33-18-40(13-14-40)23-48(33)35(50)22-44-39(52)54-2/h5-12,16-17,19-20,32-33H,3-4,13-15,18,21-23H2,1-2H3,(H,41,45)(H,42,46)(H,43,51)(H,44,52)/t32-,33-/m0/s1. The molecule has 2 saturated heterocycles. The maximum absolute atomic E-state index is 13.1. The molecule has 54 heavy (non-hydrogen) atoms. The molecular weight excluding hydrogens is 688 g/mol. The molecule has 0 bridgehead atoms. The number of fused-ring (bicyclic) bond motifs is 1. The van der Waals surface area contributed by atoms with Crippen LogP contribution in [0.3, 0.4) is 0 Å². The zero-order valence-corrected chi connectivity index (χ0v) is 30.2. The van der Waals surface area contributed by atoms with Gasteiger partial charge in [-0.2, -0.15) is 0 Å². The van der Waals surface area contributed by atoms with Crippen molar-refractivity contribution in [2.24, 2.45) is 5.41 Å². The largest absolute Gasteiger partial charge is 0.453 e. The van der Waals surface area contributed by atoms with Gasteiger partial charge in [0.15, 0.2) is 0 Å². The molecule has 5 aromatic rings. The molecule has 2 aliphatic heterocycles. The molecule has 4 heterocycles. The molecule has 1 aliphatic carbocycles. The number of aromatic nitrogens is 4. The minimum Gasteiger partial charge on any atom is -0.453 e. The van der Waals surface area contributed by atoms with E-state index in [1.54, 1.807) is 11.1 Å². The second-order valence-corrected chi connectivity index (χ2v) is 14.4. The minimum absolute atomic E-state index is 0.112. The van der Waals surface area contributed by atoms with E-state index in [2.05, 4.69) is 95.7 Å². The van der Waals surface area contributed by atoms with Crippen molar-refractivity contribution in [3.63, 3.8) is 0 Å². The number of H-pyrrole nitrogens is 2. The number of imidazole rings is 2. The third-order valence-corrected chi connectivity index (χ3v) is 11.0. The summed E-state index contributed by atoms with van der Waals surface area (Å²) in [5.41, 5.74) is 6.07. The number of carbonyl (C=O) groups excluding carboxylic acids is 4. The van der Waals surface area contributed by atoms with Crippen molar-refractivity contribution in [3.05, 3.63) is 84.7 Å². The molecule has 3 aliphatic rings. The van der Waals surface area contributed by atoms with E-state index in [0.29, 0.717) is 13.1 Å². The fourth-order valence-electron chi connectivity index (χ4n) is 7.83. The Morgan fingerprint density at radius 1 is 0.722 bits per heavy atom. The number of hydrogen-bond acceptors (Lipinski definition) is 8. The normalized spacial score (nSPS) is 18.6. The summed E-state index contributed by atoms with van der Waals surface area (Å²) in [5, 5.41) is 7.18. The van der Waals surface area contributed by atoms with Crippen molar-refractivity contribution in [3.8, 4) is 33.6 Å². The molecule has 2 atom stereocenters. The molecule has 278 valence electrons. The zero-order chi connectivity index (χ0) is 37.4. The molecule has 14 nitrogen and oxygen atoms in total. The fraction of sp³-hybridized carbons (Fsp3) is 0.350. The number of nitrogens with zero attached hydrogens (tertiary/aromatic N) is 4. The number of nitrogens with one attached hydrogen (secondary N) is 4. The van der Waals surface area contributed by atoms with E-state index >= 15 is 0 Å². The summed E-state index contributed by atoms with van der Waals surface area (Å²) in [6.45, 7) is 1.05. The Kier molecular flexibility index (Phi) is 9.26. The van der Waals surface area contributed by atoms with Crippen LogP contribution in [0.4, 0.5) is 9.59 Å². The van der Waals surface area contributed by atoms with Gasteiger partial charge in [0.05, 0.1) is 50.1 Å². The van der Waals surface area contributed by atoms with E-state index in [1.807, 2.05) is 11.1 Å². The summed E-state index contributed by atoms with van der Waals surface area (Å²) in [5.74, 6) is 1.16. The van der Waals surface area contributed by atoms with Gasteiger partial charge in [-0.15, -0.1) is 0 Å². The third kappa shape index (κ3) is 6.98. The van der Waals surface area contributed by atoms with Gasteiger partial charge in [-0.1, -0.05) is 48.5 Å². The number of rotatable bonds is 9. The van der Waals surface area contributed by atoms with Gasteiger partial charge in [-0.25, -0.2) is 19.6 Å². The van der Waals surface area contributed by atoms with E-state index in [9.17, 15) is 19.2 Å². The van der Waals surface area contributed by atoms with Gasteiger partial charge in [-0.3, -0.25) is 9.59 Å². The number of benzene rings is 3. The van der Waals surface area contributed by atoms with Gasteiger partial charge in [0.2, 0.25) is 11.8 Å². The highest BCUT2D eigenvalue weighted by atomic mass is 16.5. The number of carbonyl (C=O) groups is 4. The van der Waals surface area contributed by atoms with Crippen LogP contribution >= 0.6 is 0 Å². The first-order chi connectivity index (χ1) is 26.2. The van der Waals surface area contributed by atoms with Crippen molar-refractivity contribution in [1.29, 1.82) is 0 Å². The van der Waals surface area contributed by atoms with E-state index in [0.717, 1.165) is 88.2 Å². The Labute approximate surface area is 311 Å². The lowest BCUT2D eigenvalue weighted by atomic mass is 9.98. The highest BCUT2D eigenvalue weighted by Crippen LogP contribution is 2.58. The van der Waals surface area contributed by atoms with Gasteiger partial charge >= 0.3 is 12.2 Å². The average Bonchev–Trinajstić information content (AvgIpc) is 3.74. The molecule has 0 radical (unpaired) electrons. The summed E-state index contributed by atoms with van der Waals surface area (Å²) >= 11 is 0. The van der Waals surface area contributed by atoms with Crippen LogP contribution in [0.15, 0.2) is 73.1 Å². The summed E-state index contributed by atoms with van der Waals surface area (Å²) < 4.78 is 9.21. The van der Waals surface area contributed by atoms with Crippen molar-refractivity contribution in [2.45, 2.75) is 44.2 Å². The van der Waals surface area contributed by atoms with Gasteiger partial charge in [0.1, 0.15) is 24.7 Å². The van der Waals surface area contributed by atoms with Crippen LogP contribution < -0.4 is 10.6 Å². The van der Waals surface area contributed by atoms with Crippen LogP contribution in [0.2, 0.25) is 0 Å². The lowest BCUT2D eigenvalue weighted by Crippen LogP contribution is -2.40. The second-order valence-electron chi connectivity index (χ2n) is 14.4. The number of methoxy groups -OCH3 is 2. The van der Waals surface area contributed by atoms with Gasteiger partial charge in [0.25, 0.3) is 0 Å². The van der Waals surface area contributed by atoms with Crippen molar-refractivity contribution in [2.75, 3.05) is 40.4 Å². The van der Waals surface area contributed by atoms with Crippen molar-refractivity contribution in [1.82, 2.24) is 40.4 Å². The van der Waals surface area contributed by atoms with Crippen molar-refractivity contribution < 1.29 is 28.7 Å². The molecule has 2 aromatic heterocycles. The lowest BCUT2D eigenvalue weighted by molar-refractivity contribution is -0.132. The second kappa shape index (κ2) is 14.3. The maximum Gasteiger partial charge on any atom is 0.407 e. The molecule has 1 spiro atoms. The van der Waals surface area contributed by atoms with Crippen LogP contribution in [0, 0.1) is 5.41 Å². The van der Waals surface area contributed by atoms with Crippen LogP contribution in [-0.4, -0.2) is 94.1 Å². The molecule has 14 heteroatoms. The van der Waals surface area contributed by atoms with Gasteiger partial charge in [0, 0.05) is 18.7 Å². The van der Waals surface area contributed by atoms with Crippen LogP contribution in [-0.2, 0) is 19.1 Å². The fourth-order valence-corrected chi connectivity index (χ4v) is 7.83. The molecule has 3 aromatic carbocycles.